The lowest BCUT2D eigenvalue weighted by Crippen LogP contribution is -2.51. The minimum absolute atomic E-state index is 0.000751. The molecule has 0 aliphatic carbocycles. The van der Waals surface area contributed by atoms with E-state index in [4.69, 9.17) is 0 Å². The van der Waals surface area contributed by atoms with Gasteiger partial charge in [-0.2, -0.15) is 4.31 Å². The van der Waals surface area contributed by atoms with Crippen molar-refractivity contribution in [2.75, 3.05) is 32.7 Å². The van der Waals surface area contributed by atoms with Gasteiger partial charge in [0.2, 0.25) is 15.9 Å². The zero-order valence-electron chi connectivity index (χ0n) is 15.4. The first-order chi connectivity index (χ1) is 11.9. The number of rotatable bonds is 7. The normalized spacial score (nSPS) is 18.0. The van der Waals surface area contributed by atoms with Gasteiger partial charge in [-0.05, 0) is 37.5 Å². The third-order valence-corrected chi connectivity index (χ3v) is 6.60. The van der Waals surface area contributed by atoms with Gasteiger partial charge in [-0.15, -0.1) is 0 Å². The molecule has 0 saturated carbocycles. The third-order valence-electron chi connectivity index (χ3n) is 4.69. The first-order valence-corrected chi connectivity index (χ1v) is 10.4. The van der Waals surface area contributed by atoms with Crippen molar-refractivity contribution in [3.05, 3.63) is 29.8 Å². The number of carbonyl (C=O) groups is 1. The van der Waals surface area contributed by atoms with Crippen LogP contribution in [-0.4, -0.2) is 62.3 Å². The van der Waals surface area contributed by atoms with Crippen LogP contribution in [0.3, 0.4) is 0 Å². The molecule has 1 atom stereocenters. The predicted octanol–water partition coefficient (Wildman–Crippen LogP) is 1.47. The number of benzene rings is 1. The number of carbonyl (C=O) groups excluding carboxylic acids is 1. The monoisotopic (exact) mass is 367 g/mol. The predicted molar refractivity (Wildman–Crippen MR) is 98.9 cm³/mol. The van der Waals surface area contributed by atoms with Crippen LogP contribution in [0.1, 0.15) is 32.8 Å². The van der Waals surface area contributed by atoms with Gasteiger partial charge in [-0.1, -0.05) is 26.0 Å². The van der Waals surface area contributed by atoms with Crippen LogP contribution in [-0.2, 0) is 21.2 Å². The Morgan fingerprint density at radius 2 is 1.72 bits per heavy atom. The second kappa shape index (κ2) is 8.78. The van der Waals surface area contributed by atoms with Gasteiger partial charge in [0.1, 0.15) is 0 Å². The Bertz CT molecular complexity index is 665. The highest BCUT2D eigenvalue weighted by Crippen LogP contribution is 2.18. The van der Waals surface area contributed by atoms with Crippen molar-refractivity contribution in [1.82, 2.24) is 14.5 Å². The van der Waals surface area contributed by atoms with E-state index < -0.39 is 10.0 Å². The lowest BCUT2D eigenvalue weighted by Gasteiger charge is -2.33. The van der Waals surface area contributed by atoms with Crippen LogP contribution in [0.15, 0.2) is 29.2 Å². The van der Waals surface area contributed by atoms with E-state index in [9.17, 15) is 13.2 Å². The molecular weight excluding hydrogens is 338 g/mol. The molecule has 1 aromatic rings. The molecule has 0 spiro atoms. The second-order valence-electron chi connectivity index (χ2n) is 6.55. The largest absolute Gasteiger partial charge is 0.353 e. The summed E-state index contributed by atoms with van der Waals surface area (Å²) in [6.07, 6.45) is 1.78. The van der Waals surface area contributed by atoms with Crippen LogP contribution >= 0.6 is 0 Å². The standard InChI is InChI=1S/C18H29N3O3S/c1-4-15(3)19-18(22)14-20-10-12-21(13-11-20)25(23,24)17-8-6-16(5-2)7-9-17/h6-9,15H,4-5,10-14H2,1-3H3,(H,19,22). The van der Waals surface area contributed by atoms with Crippen molar-refractivity contribution in [3.8, 4) is 0 Å². The summed E-state index contributed by atoms with van der Waals surface area (Å²) in [5.74, 6) is 0.000751. The van der Waals surface area contributed by atoms with E-state index in [1.807, 2.05) is 37.8 Å². The average Bonchev–Trinajstić information content (AvgIpc) is 2.62. The summed E-state index contributed by atoms with van der Waals surface area (Å²) in [7, 11) is -3.46. The molecule has 0 radical (unpaired) electrons. The fourth-order valence-corrected chi connectivity index (χ4v) is 4.22. The van der Waals surface area contributed by atoms with E-state index in [0.29, 0.717) is 37.6 Å². The molecule has 0 bridgehead atoms. The molecule has 25 heavy (non-hydrogen) atoms. The zero-order valence-corrected chi connectivity index (χ0v) is 16.2. The first kappa shape index (κ1) is 19.9. The van der Waals surface area contributed by atoms with Crippen molar-refractivity contribution in [2.24, 2.45) is 0 Å². The molecular formula is C18H29N3O3S. The Morgan fingerprint density at radius 3 is 2.24 bits per heavy atom. The molecule has 1 aromatic carbocycles. The van der Waals surface area contributed by atoms with Gasteiger partial charge < -0.3 is 5.32 Å². The summed E-state index contributed by atoms with van der Waals surface area (Å²) in [5.41, 5.74) is 1.12. The van der Waals surface area contributed by atoms with Gasteiger partial charge in [0.05, 0.1) is 11.4 Å². The van der Waals surface area contributed by atoms with E-state index >= 15 is 0 Å². The number of aryl methyl sites for hydroxylation is 1. The zero-order chi connectivity index (χ0) is 18.4. The Morgan fingerprint density at radius 1 is 1.12 bits per heavy atom. The van der Waals surface area contributed by atoms with Crippen LogP contribution in [0.5, 0.6) is 0 Å². The fourth-order valence-electron chi connectivity index (χ4n) is 2.80. The Labute approximate surface area is 151 Å². The van der Waals surface area contributed by atoms with Crippen LogP contribution in [0.25, 0.3) is 0 Å². The maximum absolute atomic E-state index is 12.7. The van der Waals surface area contributed by atoms with Gasteiger partial charge in [0.15, 0.2) is 0 Å². The number of amides is 1. The van der Waals surface area contributed by atoms with Crippen molar-refractivity contribution >= 4 is 15.9 Å². The molecule has 1 unspecified atom stereocenters. The van der Waals surface area contributed by atoms with Crippen LogP contribution in [0.2, 0.25) is 0 Å². The molecule has 7 heteroatoms. The number of sulfonamides is 1. The highest BCUT2D eigenvalue weighted by molar-refractivity contribution is 7.89. The van der Waals surface area contributed by atoms with Gasteiger partial charge in [0, 0.05) is 32.2 Å². The maximum Gasteiger partial charge on any atom is 0.243 e. The second-order valence-corrected chi connectivity index (χ2v) is 8.49. The molecule has 1 heterocycles. The summed E-state index contributed by atoms with van der Waals surface area (Å²) in [6, 6.07) is 7.26. The van der Waals surface area contributed by atoms with Gasteiger partial charge in [-0.25, -0.2) is 8.42 Å². The number of hydrogen-bond donors (Lipinski definition) is 1. The highest BCUT2D eigenvalue weighted by atomic mass is 32.2. The molecule has 140 valence electrons. The van der Waals surface area contributed by atoms with Crippen LogP contribution in [0.4, 0.5) is 0 Å². The van der Waals surface area contributed by atoms with Gasteiger partial charge in [0.25, 0.3) is 0 Å². The molecule has 2 rings (SSSR count). The summed E-state index contributed by atoms with van der Waals surface area (Å²) >= 11 is 0. The first-order valence-electron chi connectivity index (χ1n) is 8.97. The topological polar surface area (TPSA) is 69.7 Å². The smallest absolute Gasteiger partial charge is 0.243 e. The SMILES string of the molecule is CCc1ccc(S(=O)(=O)N2CCN(CC(=O)NC(C)CC)CC2)cc1. The van der Waals surface area contributed by atoms with Gasteiger partial charge >= 0.3 is 0 Å². The summed E-state index contributed by atoms with van der Waals surface area (Å²) in [6.45, 7) is 8.33. The average molecular weight is 368 g/mol. The number of hydrogen-bond acceptors (Lipinski definition) is 4. The lowest BCUT2D eigenvalue weighted by molar-refractivity contribution is -0.123. The van der Waals surface area contributed by atoms with E-state index in [0.717, 1.165) is 18.4 Å². The molecule has 6 nitrogen and oxygen atoms in total. The molecule has 1 aliphatic heterocycles. The fraction of sp³-hybridized carbons (Fsp3) is 0.611. The molecule has 1 fully saturated rings. The summed E-state index contributed by atoms with van der Waals surface area (Å²) < 4.78 is 27.0. The van der Waals surface area contributed by atoms with E-state index in [1.165, 1.54) is 4.31 Å². The Kier molecular flexibility index (Phi) is 6.98. The molecule has 1 N–H and O–H groups in total. The molecule has 1 aliphatic rings. The number of nitrogens with one attached hydrogen (secondary N) is 1. The van der Waals surface area contributed by atoms with Crippen LogP contribution < -0.4 is 5.32 Å². The minimum atomic E-state index is -3.46. The Balaban J connectivity index is 1.91. The summed E-state index contributed by atoms with van der Waals surface area (Å²) in [5, 5.41) is 2.94. The lowest BCUT2D eigenvalue weighted by atomic mass is 10.2. The third kappa shape index (κ3) is 5.26. The van der Waals surface area contributed by atoms with Crippen molar-refractivity contribution in [2.45, 2.75) is 44.6 Å². The summed E-state index contributed by atoms with van der Waals surface area (Å²) in [4.78, 5) is 14.3. The quantitative estimate of drug-likeness (QED) is 0.792. The Hall–Kier alpha value is -1.44. The van der Waals surface area contributed by atoms with E-state index in [-0.39, 0.29) is 11.9 Å². The minimum Gasteiger partial charge on any atom is -0.353 e. The van der Waals surface area contributed by atoms with E-state index in [1.54, 1.807) is 12.1 Å². The maximum atomic E-state index is 12.7. The highest BCUT2D eigenvalue weighted by Gasteiger charge is 2.29. The van der Waals surface area contributed by atoms with Crippen molar-refractivity contribution < 1.29 is 13.2 Å². The number of piperazine rings is 1. The van der Waals surface area contributed by atoms with Crippen LogP contribution in [0, 0.1) is 0 Å². The van der Waals surface area contributed by atoms with Crippen molar-refractivity contribution in [1.29, 1.82) is 0 Å². The van der Waals surface area contributed by atoms with Crippen molar-refractivity contribution in [3.63, 3.8) is 0 Å². The molecule has 0 aromatic heterocycles. The molecule has 1 saturated heterocycles. The van der Waals surface area contributed by atoms with Gasteiger partial charge in [-0.3, -0.25) is 9.69 Å². The van der Waals surface area contributed by atoms with E-state index in [2.05, 4.69) is 5.32 Å². The number of nitrogens with zero attached hydrogens (tertiary/aromatic N) is 2. The molecule has 1 amide bonds.